The number of benzene rings is 1. The molecule has 1 aliphatic rings. The van der Waals surface area contributed by atoms with E-state index in [0.29, 0.717) is 25.1 Å². The first-order chi connectivity index (χ1) is 10.5. The van der Waals surface area contributed by atoms with Gasteiger partial charge in [-0.3, -0.25) is 4.79 Å². The van der Waals surface area contributed by atoms with Gasteiger partial charge in [0.25, 0.3) is 5.91 Å². The van der Waals surface area contributed by atoms with Gasteiger partial charge in [-0.25, -0.2) is 13.1 Å². The third kappa shape index (κ3) is 2.62. The number of nitrogens with one attached hydrogen (secondary N) is 2. The number of carbonyl (C=O) groups excluding carboxylic acids is 1. The second-order valence-corrected chi connectivity index (χ2v) is 7.50. The highest BCUT2D eigenvalue weighted by atomic mass is 32.2. The summed E-state index contributed by atoms with van der Waals surface area (Å²) in [6.07, 6.45) is 2.27. The zero-order valence-electron chi connectivity index (χ0n) is 12.4. The minimum absolute atomic E-state index is 0.123. The number of likely N-dealkylation sites (tertiary alicyclic amines) is 1. The molecule has 2 heterocycles. The number of carbonyl (C=O) groups is 1. The number of aromatic nitrogens is 1. The van der Waals surface area contributed by atoms with Crippen molar-refractivity contribution < 1.29 is 13.2 Å². The van der Waals surface area contributed by atoms with E-state index < -0.39 is 15.3 Å². The topological polar surface area (TPSA) is 82.3 Å². The molecule has 1 aromatic carbocycles. The van der Waals surface area contributed by atoms with Crippen LogP contribution < -0.4 is 4.72 Å². The Balaban J connectivity index is 1.81. The van der Waals surface area contributed by atoms with Crippen LogP contribution in [0.3, 0.4) is 0 Å². The molecule has 1 aliphatic heterocycles. The molecule has 0 saturated carbocycles. The van der Waals surface area contributed by atoms with Crippen molar-refractivity contribution in [1.29, 1.82) is 0 Å². The fourth-order valence-electron chi connectivity index (χ4n) is 2.92. The smallest absolute Gasteiger partial charge is 0.256 e. The summed E-state index contributed by atoms with van der Waals surface area (Å²) in [7, 11) is -3.34. The Hall–Kier alpha value is -1.86. The summed E-state index contributed by atoms with van der Waals surface area (Å²) in [6.45, 7) is 2.83. The molecule has 3 rings (SSSR count). The molecule has 0 radical (unpaired) electrons. The number of hydrogen-bond acceptors (Lipinski definition) is 3. The molecule has 1 fully saturated rings. The molecular weight excluding hydrogens is 302 g/mol. The maximum atomic E-state index is 12.7. The second-order valence-electron chi connectivity index (χ2n) is 5.45. The fraction of sp³-hybridized carbons (Fsp3) is 0.400. The number of rotatable bonds is 4. The minimum Gasteiger partial charge on any atom is -0.361 e. The predicted octanol–water partition coefficient (Wildman–Crippen LogP) is 1.32. The quantitative estimate of drug-likeness (QED) is 0.891. The second kappa shape index (κ2) is 5.73. The molecule has 0 bridgehead atoms. The van der Waals surface area contributed by atoms with Crippen LogP contribution in [0.4, 0.5) is 0 Å². The van der Waals surface area contributed by atoms with Gasteiger partial charge in [0.15, 0.2) is 0 Å². The molecule has 6 nitrogen and oxygen atoms in total. The fourth-order valence-corrected chi connectivity index (χ4v) is 4.35. The van der Waals surface area contributed by atoms with E-state index in [1.807, 2.05) is 18.2 Å². The van der Waals surface area contributed by atoms with Crippen molar-refractivity contribution in [2.75, 3.05) is 19.6 Å². The van der Waals surface area contributed by atoms with Gasteiger partial charge >= 0.3 is 0 Å². The molecule has 1 amide bonds. The first-order valence-electron chi connectivity index (χ1n) is 7.37. The number of sulfonamides is 1. The van der Waals surface area contributed by atoms with Gasteiger partial charge in [-0.05, 0) is 18.6 Å². The number of hydrogen-bond donors (Lipinski definition) is 2. The van der Waals surface area contributed by atoms with E-state index in [9.17, 15) is 13.2 Å². The molecule has 7 heteroatoms. The number of aromatic amines is 1. The molecule has 1 aromatic heterocycles. The lowest BCUT2D eigenvalue weighted by molar-refractivity contribution is 0.0795. The van der Waals surface area contributed by atoms with E-state index in [2.05, 4.69) is 9.71 Å². The molecule has 2 aromatic rings. The van der Waals surface area contributed by atoms with Crippen molar-refractivity contribution in [3.05, 3.63) is 36.0 Å². The summed E-state index contributed by atoms with van der Waals surface area (Å²) < 4.78 is 26.6. The van der Waals surface area contributed by atoms with Crippen LogP contribution in [0.15, 0.2) is 30.5 Å². The number of fused-ring (bicyclic) bond motifs is 1. The molecule has 0 spiro atoms. The van der Waals surface area contributed by atoms with Gasteiger partial charge in [0.1, 0.15) is 0 Å². The Kier molecular flexibility index (Phi) is 3.92. The van der Waals surface area contributed by atoms with Crippen LogP contribution in [0.2, 0.25) is 0 Å². The molecule has 1 unspecified atom stereocenters. The summed E-state index contributed by atoms with van der Waals surface area (Å²) >= 11 is 0. The van der Waals surface area contributed by atoms with Gasteiger partial charge in [0.05, 0.1) is 16.3 Å². The van der Waals surface area contributed by atoms with Crippen molar-refractivity contribution in [1.82, 2.24) is 14.6 Å². The van der Waals surface area contributed by atoms with Crippen LogP contribution in [0, 0.1) is 0 Å². The lowest BCUT2D eigenvalue weighted by atomic mass is 10.1. The molecular formula is C15H19N3O3S. The van der Waals surface area contributed by atoms with Crippen LogP contribution in [0.1, 0.15) is 23.7 Å². The number of amides is 1. The van der Waals surface area contributed by atoms with Crippen LogP contribution in [0.25, 0.3) is 10.9 Å². The van der Waals surface area contributed by atoms with E-state index in [0.717, 1.165) is 10.9 Å². The predicted molar refractivity (Wildman–Crippen MR) is 85.2 cm³/mol. The Morgan fingerprint density at radius 2 is 2.23 bits per heavy atom. The Morgan fingerprint density at radius 1 is 1.41 bits per heavy atom. The molecule has 22 heavy (non-hydrogen) atoms. The van der Waals surface area contributed by atoms with Gasteiger partial charge in [0.2, 0.25) is 10.0 Å². The van der Waals surface area contributed by atoms with Crippen molar-refractivity contribution in [3.8, 4) is 0 Å². The largest absolute Gasteiger partial charge is 0.361 e. The molecule has 2 N–H and O–H groups in total. The lowest BCUT2D eigenvalue weighted by Gasteiger charge is -2.17. The molecule has 118 valence electrons. The lowest BCUT2D eigenvalue weighted by Crippen LogP contribution is -2.37. The van der Waals surface area contributed by atoms with Gasteiger partial charge in [0, 0.05) is 31.2 Å². The summed E-state index contributed by atoms with van der Waals surface area (Å²) in [5, 5.41) is 0.445. The van der Waals surface area contributed by atoms with E-state index in [1.165, 1.54) is 0 Å². The van der Waals surface area contributed by atoms with Crippen LogP contribution in [0.5, 0.6) is 0 Å². The van der Waals surface area contributed by atoms with E-state index in [-0.39, 0.29) is 12.5 Å². The Morgan fingerprint density at radius 3 is 3.00 bits per heavy atom. The normalized spacial score (nSPS) is 19.0. The SMILES string of the molecule is CCNS(=O)(=O)C1CCN(C(=O)c2cccc3cc[nH]c23)C1. The maximum Gasteiger partial charge on any atom is 0.256 e. The highest BCUT2D eigenvalue weighted by Gasteiger charge is 2.35. The van der Waals surface area contributed by atoms with E-state index in [1.54, 1.807) is 24.1 Å². The third-order valence-electron chi connectivity index (χ3n) is 4.03. The number of para-hydroxylation sites is 1. The first kappa shape index (κ1) is 15.1. The highest BCUT2D eigenvalue weighted by Crippen LogP contribution is 2.22. The zero-order valence-corrected chi connectivity index (χ0v) is 13.2. The van der Waals surface area contributed by atoms with Gasteiger partial charge in [-0.2, -0.15) is 0 Å². The highest BCUT2D eigenvalue weighted by molar-refractivity contribution is 7.90. The summed E-state index contributed by atoms with van der Waals surface area (Å²) in [4.78, 5) is 17.4. The Labute approximate surface area is 129 Å². The maximum absolute atomic E-state index is 12.7. The monoisotopic (exact) mass is 321 g/mol. The summed E-state index contributed by atoms with van der Waals surface area (Å²) in [5.74, 6) is -0.123. The third-order valence-corrected chi connectivity index (χ3v) is 5.99. The average Bonchev–Trinajstić information content (AvgIpc) is 3.15. The van der Waals surface area contributed by atoms with Crippen molar-refractivity contribution in [3.63, 3.8) is 0 Å². The van der Waals surface area contributed by atoms with Crippen molar-refractivity contribution in [2.45, 2.75) is 18.6 Å². The van der Waals surface area contributed by atoms with Gasteiger partial charge in [-0.1, -0.05) is 19.1 Å². The Bertz CT molecular complexity index is 797. The van der Waals surface area contributed by atoms with Crippen LogP contribution in [-0.2, 0) is 10.0 Å². The number of nitrogens with zero attached hydrogens (tertiary/aromatic N) is 1. The van der Waals surface area contributed by atoms with Gasteiger partial charge in [-0.15, -0.1) is 0 Å². The average molecular weight is 321 g/mol. The van der Waals surface area contributed by atoms with Crippen molar-refractivity contribution in [2.24, 2.45) is 0 Å². The number of H-pyrrole nitrogens is 1. The molecule has 0 aliphatic carbocycles. The van der Waals surface area contributed by atoms with E-state index >= 15 is 0 Å². The van der Waals surface area contributed by atoms with Gasteiger partial charge < -0.3 is 9.88 Å². The molecule has 1 atom stereocenters. The first-order valence-corrected chi connectivity index (χ1v) is 8.91. The molecule has 1 saturated heterocycles. The van der Waals surface area contributed by atoms with Crippen LogP contribution in [-0.4, -0.2) is 49.1 Å². The standard InChI is InChI=1S/C15H19N3O3S/c1-2-17-22(20,21)12-7-9-18(10-12)15(19)13-5-3-4-11-6-8-16-14(11)13/h3-6,8,12,16-17H,2,7,9-10H2,1H3. The van der Waals surface area contributed by atoms with Crippen LogP contribution >= 0.6 is 0 Å². The summed E-state index contributed by atoms with van der Waals surface area (Å²) in [5.41, 5.74) is 1.38. The minimum atomic E-state index is -3.34. The van der Waals surface area contributed by atoms with E-state index in [4.69, 9.17) is 0 Å². The van der Waals surface area contributed by atoms with Crippen molar-refractivity contribution >= 4 is 26.8 Å². The zero-order chi connectivity index (χ0) is 15.7. The summed E-state index contributed by atoms with van der Waals surface area (Å²) in [6, 6.07) is 7.46.